The molecule has 2 N–H and O–H groups in total. The van der Waals surface area contributed by atoms with Crippen LogP contribution in [0, 0.1) is 0 Å². The van der Waals surface area contributed by atoms with Gasteiger partial charge >= 0.3 is 0 Å². The predicted molar refractivity (Wildman–Crippen MR) is 60.6 cm³/mol. The Morgan fingerprint density at radius 2 is 1.87 bits per heavy atom. The molecule has 0 atom stereocenters. The molecule has 1 aliphatic heterocycles. The predicted octanol–water partition coefficient (Wildman–Crippen LogP) is 1.77. The standard InChI is InChI=1S/C12H20N2O/c13-7-6-11-4-5-12(15-11)10-14-8-2-1-3-9-14/h4-5H,1-3,6-10,13H2. The summed E-state index contributed by atoms with van der Waals surface area (Å²) in [7, 11) is 0. The summed E-state index contributed by atoms with van der Waals surface area (Å²) in [6, 6.07) is 4.13. The maximum Gasteiger partial charge on any atom is 0.118 e. The molecule has 2 rings (SSSR count). The van der Waals surface area contributed by atoms with E-state index in [0.29, 0.717) is 6.54 Å². The van der Waals surface area contributed by atoms with Gasteiger partial charge in [-0.3, -0.25) is 4.90 Å². The lowest BCUT2D eigenvalue weighted by atomic mass is 10.1. The lowest BCUT2D eigenvalue weighted by Crippen LogP contribution is -2.28. The van der Waals surface area contributed by atoms with Crippen molar-refractivity contribution in [2.24, 2.45) is 5.73 Å². The van der Waals surface area contributed by atoms with Gasteiger partial charge in [0.05, 0.1) is 6.54 Å². The third kappa shape index (κ3) is 3.08. The summed E-state index contributed by atoms with van der Waals surface area (Å²) in [6.45, 7) is 4.06. The van der Waals surface area contributed by atoms with Crippen LogP contribution in [0.3, 0.4) is 0 Å². The van der Waals surface area contributed by atoms with Crippen molar-refractivity contribution in [1.29, 1.82) is 0 Å². The molecule has 0 unspecified atom stereocenters. The first-order chi connectivity index (χ1) is 7.38. The highest BCUT2D eigenvalue weighted by Crippen LogP contribution is 2.15. The topological polar surface area (TPSA) is 42.4 Å². The minimum atomic E-state index is 0.663. The molecule has 0 aromatic carbocycles. The maximum atomic E-state index is 5.71. The van der Waals surface area contributed by atoms with Crippen LogP contribution in [0.2, 0.25) is 0 Å². The highest BCUT2D eigenvalue weighted by molar-refractivity contribution is 5.07. The van der Waals surface area contributed by atoms with Crippen molar-refractivity contribution in [2.75, 3.05) is 19.6 Å². The molecule has 3 heteroatoms. The molecule has 0 saturated carbocycles. The molecule has 0 amide bonds. The number of nitrogens with two attached hydrogens (primary N) is 1. The summed E-state index contributed by atoms with van der Waals surface area (Å²) < 4.78 is 5.71. The van der Waals surface area contributed by atoms with Gasteiger partial charge in [0.15, 0.2) is 0 Å². The van der Waals surface area contributed by atoms with Crippen LogP contribution in [0.4, 0.5) is 0 Å². The van der Waals surface area contributed by atoms with Gasteiger partial charge in [-0.1, -0.05) is 6.42 Å². The van der Waals surface area contributed by atoms with E-state index in [0.717, 1.165) is 24.5 Å². The molecule has 15 heavy (non-hydrogen) atoms. The Morgan fingerprint density at radius 3 is 2.60 bits per heavy atom. The van der Waals surface area contributed by atoms with Crippen molar-refractivity contribution >= 4 is 0 Å². The molecule has 2 heterocycles. The summed E-state index contributed by atoms with van der Waals surface area (Å²) in [5.41, 5.74) is 5.48. The number of piperidine rings is 1. The van der Waals surface area contributed by atoms with Gasteiger partial charge < -0.3 is 10.2 Å². The number of hydrogen-bond donors (Lipinski definition) is 1. The normalized spacial score (nSPS) is 18.2. The first-order valence-electron chi connectivity index (χ1n) is 5.88. The van der Waals surface area contributed by atoms with E-state index in [9.17, 15) is 0 Å². The van der Waals surface area contributed by atoms with E-state index in [1.165, 1.54) is 32.4 Å². The quantitative estimate of drug-likeness (QED) is 0.820. The zero-order valence-corrected chi connectivity index (χ0v) is 9.24. The molecule has 1 saturated heterocycles. The van der Waals surface area contributed by atoms with Crippen LogP contribution in [0.15, 0.2) is 16.5 Å². The number of furan rings is 1. The Balaban J connectivity index is 1.86. The van der Waals surface area contributed by atoms with Gasteiger partial charge in [0, 0.05) is 6.42 Å². The fourth-order valence-electron chi connectivity index (χ4n) is 2.12. The molecule has 1 fully saturated rings. The minimum absolute atomic E-state index is 0.663. The highest BCUT2D eigenvalue weighted by atomic mass is 16.3. The summed E-state index contributed by atoms with van der Waals surface area (Å²) >= 11 is 0. The molecule has 0 spiro atoms. The molecule has 1 aromatic heterocycles. The summed E-state index contributed by atoms with van der Waals surface area (Å²) in [5.74, 6) is 2.10. The Labute approximate surface area is 91.2 Å². The van der Waals surface area contributed by atoms with Crippen molar-refractivity contribution in [3.8, 4) is 0 Å². The van der Waals surface area contributed by atoms with E-state index in [2.05, 4.69) is 11.0 Å². The summed E-state index contributed by atoms with van der Waals surface area (Å²) in [4.78, 5) is 2.47. The van der Waals surface area contributed by atoms with E-state index >= 15 is 0 Å². The average Bonchev–Trinajstić information content (AvgIpc) is 2.68. The Bertz CT molecular complexity index is 290. The summed E-state index contributed by atoms with van der Waals surface area (Å²) in [6.07, 6.45) is 4.89. The molecule has 1 aliphatic rings. The molecule has 0 aliphatic carbocycles. The van der Waals surface area contributed by atoms with Crippen LogP contribution < -0.4 is 5.73 Å². The number of likely N-dealkylation sites (tertiary alicyclic amines) is 1. The lowest BCUT2D eigenvalue weighted by Gasteiger charge is -2.25. The van der Waals surface area contributed by atoms with Crippen LogP contribution in [0.5, 0.6) is 0 Å². The second kappa shape index (κ2) is 5.33. The second-order valence-electron chi connectivity index (χ2n) is 4.24. The van der Waals surface area contributed by atoms with Crippen molar-refractivity contribution < 1.29 is 4.42 Å². The number of nitrogens with zero attached hydrogens (tertiary/aromatic N) is 1. The Morgan fingerprint density at radius 1 is 1.13 bits per heavy atom. The molecule has 0 radical (unpaired) electrons. The fourth-order valence-corrected chi connectivity index (χ4v) is 2.12. The minimum Gasteiger partial charge on any atom is -0.465 e. The van der Waals surface area contributed by atoms with Crippen molar-refractivity contribution in [3.05, 3.63) is 23.7 Å². The van der Waals surface area contributed by atoms with Crippen molar-refractivity contribution in [1.82, 2.24) is 4.90 Å². The monoisotopic (exact) mass is 208 g/mol. The fraction of sp³-hybridized carbons (Fsp3) is 0.667. The van der Waals surface area contributed by atoms with Crippen molar-refractivity contribution in [3.63, 3.8) is 0 Å². The van der Waals surface area contributed by atoms with E-state index in [4.69, 9.17) is 10.2 Å². The van der Waals surface area contributed by atoms with Gasteiger partial charge in [-0.15, -0.1) is 0 Å². The van der Waals surface area contributed by atoms with Crippen LogP contribution in [-0.4, -0.2) is 24.5 Å². The van der Waals surface area contributed by atoms with E-state index in [-0.39, 0.29) is 0 Å². The third-order valence-corrected chi connectivity index (χ3v) is 2.94. The molecule has 1 aromatic rings. The van der Waals surface area contributed by atoms with Gasteiger partial charge in [-0.05, 0) is 44.6 Å². The number of hydrogen-bond acceptors (Lipinski definition) is 3. The largest absolute Gasteiger partial charge is 0.465 e. The van der Waals surface area contributed by atoms with E-state index in [1.54, 1.807) is 0 Å². The first-order valence-corrected chi connectivity index (χ1v) is 5.88. The van der Waals surface area contributed by atoms with Crippen LogP contribution in [0.1, 0.15) is 30.8 Å². The zero-order chi connectivity index (χ0) is 10.5. The Kier molecular flexibility index (Phi) is 3.80. The SMILES string of the molecule is NCCc1ccc(CN2CCCCC2)o1. The summed E-state index contributed by atoms with van der Waals surface area (Å²) in [5, 5.41) is 0. The molecular formula is C12H20N2O. The molecule has 0 bridgehead atoms. The second-order valence-corrected chi connectivity index (χ2v) is 4.24. The highest BCUT2D eigenvalue weighted by Gasteiger charge is 2.12. The van der Waals surface area contributed by atoms with Gasteiger partial charge in [-0.25, -0.2) is 0 Å². The zero-order valence-electron chi connectivity index (χ0n) is 9.24. The van der Waals surface area contributed by atoms with E-state index in [1.807, 2.05) is 6.07 Å². The Hall–Kier alpha value is -0.800. The molecule has 84 valence electrons. The third-order valence-electron chi connectivity index (χ3n) is 2.94. The van der Waals surface area contributed by atoms with Crippen LogP contribution >= 0.6 is 0 Å². The number of rotatable bonds is 4. The van der Waals surface area contributed by atoms with Gasteiger partial charge in [0.2, 0.25) is 0 Å². The average molecular weight is 208 g/mol. The lowest BCUT2D eigenvalue weighted by molar-refractivity contribution is 0.203. The van der Waals surface area contributed by atoms with Gasteiger partial charge in [0.25, 0.3) is 0 Å². The van der Waals surface area contributed by atoms with Gasteiger partial charge in [0.1, 0.15) is 11.5 Å². The van der Waals surface area contributed by atoms with Crippen molar-refractivity contribution in [2.45, 2.75) is 32.2 Å². The maximum absolute atomic E-state index is 5.71. The first kappa shape index (κ1) is 10.7. The smallest absolute Gasteiger partial charge is 0.118 e. The molecule has 3 nitrogen and oxygen atoms in total. The molecular weight excluding hydrogens is 188 g/mol. The van der Waals surface area contributed by atoms with Gasteiger partial charge in [-0.2, -0.15) is 0 Å². The van der Waals surface area contributed by atoms with Crippen LogP contribution in [-0.2, 0) is 13.0 Å². The van der Waals surface area contributed by atoms with E-state index < -0.39 is 0 Å². The van der Waals surface area contributed by atoms with Crippen LogP contribution in [0.25, 0.3) is 0 Å².